The average molecular weight is 459 g/mol. The second-order valence-corrected chi connectivity index (χ2v) is 8.42. The molecule has 0 saturated carbocycles. The van der Waals surface area contributed by atoms with Crippen LogP contribution in [0.2, 0.25) is 5.02 Å². The lowest BCUT2D eigenvalue weighted by atomic mass is 10.1. The van der Waals surface area contributed by atoms with E-state index in [4.69, 9.17) is 21.3 Å². The van der Waals surface area contributed by atoms with Crippen LogP contribution in [0.5, 0.6) is 5.75 Å². The van der Waals surface area contributed by atoms with Gasteiger partial charge in [0.2, 0.25) is 5.91 Å². The van der Waals surface area contributed by atoms with Gasteiger partial charge in [-0.15, -0.1) is 0 Å². The summed E-state index contributed by atoms with van der Waals surface area (Å²) in [7, 11) is 0. The SMILES string of the molecule is C=CC(=O)N1CCC[C@H]1c1nc(-c2ccc(OCc3cccc(Cl)c3)cc2)c2cnccn12. The Bertz CT molecular complexity index is 1320. The fourth-order valence-corrected chi connectivity index (χ4v) is 4.54. The van der Waals surface area contributed by atoms with Crippen molar-refractivity contribution in [3.63, 3.8) is 0 Å². The van der Waals surface area contributed by atoms with Gasteiger partial charge in [-0.05, 0) is 60.9 Å². The van der Waals surface area contributed by atoms with Crippen LogP contribution < -0.4 is 4.74 Å². The van der Waals surface area contributed by atoms with Crippen molar-refractivity contribution in [1.29, 1.82) is 0 Å². The topological polar surface area (TPSA) is 59.7 Å². The van der Waals surface area contributed by atoms with Crippen molar-refractivity contribution in [3.05, 3.63) is 96.2 Å². The Morgan fingerprint density at radius 1 is 1.24 bits per heavy atom. The lowest BCUT2D eigenvalue weighted by Gasteiger charge is -2.22. The summed E-state index contributed by atoms with van der Waals surface area (Å²) in [5.74, 6) is 1.54. The van der Waals surface area contributed by atoms with Gasteiger partial charge in [0.15, 0.2) is 0 Å². The third-order valence-electron chi connectivity index (χ3n) is 5.90. The highest BCUT2D eigenvalue weighted by atomic mass is 35.5. The fraction of sp³-hybridized carbons (Fsp3) is 0.192. The number of hydrogen-bond donors (Lipinski definition) is 0. The summed E-state index contributed by atoms with van der Waals surface area (Å²) in [6.45, 7) is 4.80. The van der Waals surface area contributed by atoms with Crippen LogP contribution in [-0.2, 0) is 11.4 Å². The van der Waals surface area contributed by atoms with Crippen LogP contribution in [0.4, 0.5) is 0 Å². The summed E-state index contributed by atoms with van der Waals surface area (Å²) in [6, 6.07) is 15.4. The van der Waals surface area contributed by atoms with Crippen LogP contribution in [0.25, 0.3) is 16.8 Å². The van der Waals surface area contributed by atoms with Gasteiger partial charge in [0.05, 0.1) is 23.4 Å². The Balaban J connectivity index is 1.43. The highest BCUT2D eigenvalue weighted by molar-refractivity contribution is 6.30. The molecule has 1 saturated heterocycles. The molecule has 7 heteroatoms. The van der Waals surface area contributed by atoms with Crippen molar-refractivity contribution >= 4 is 23.0 Å². The minimum Gasteiger partial charge on any atom is -0.489 e. The average Bonchev–Trinajstić information content (AvgIpc) is 3.48. The van der Waals surface area contributed by atoms with Gasteiger partial charge < -0.3 is 9.64 Å². The summed E-state index contributed by atoms with van der Waals surface area (Å²) in [6.07, 6.45) is 8.64. The number of rotatable bonds is 6. The molecule has 0 spiro atoms. The monoisotopic (exact) mass is 458 g/mol. The standard InChI is InChI=1S/C26H23ClN4O2/c1-2-24(32)30-13-4-7-22(30)26-29-25(23-16-28-12-14-31(23)26)19-8-10-21(11-9-19)33-17-18-5-3-6-20(27)15-18/h2-3,5-6,8-12,14-16,22H,1,4,7,13,17H2/t22-/m0/s1. The first kappa shape index (κ1) is 21.2. The van der Waals surface area contributed by atoms with Crippen LogP contribution >= 0.6 is 11.6 Å². The Kier molecular flexibility index (Phi) is 5.84. The van der Waals surface area contributed by atoms with Gasteiger partial charge in [-0.3, -0.25) is 14.2 Å². The number of carbonyl (C=O) groups excluding carboxylic acids is 1. The third kappa shape index (κ3) is 4.22. The first-order valence-corrected chi connectivity index (χ1v) is 11.2. The summed E-state index contributed by atoms with van der Waals surface area (Å²) in [5, 5.41) is 0.693. The van der Waals surface area contributed by atoms with Crippen molar-refractivity contribution in [2.24, 2.45) is 0 Å². The molecule has 1 amide bonds. The molecular formula is C26H23ClN4O2. The maximum absolute atomic E-state index is 12.4. The number of nitrogens with zero attached hydrogens (tertiary/aromatic N) is 4. The van der Waals surface area contributed by atoms with Gasteiger partial charge in [0, 0.05) is 29.5 Å². The first-order valence-electron chi connectivity index (χ1n) is 10.9. The van der Waals surface area contributed by atoms with E-state index in [1.807, 2.05) is 70.2 Å². The second-order valence-electron chi connectivity index (χ2n) is 7.99. The molecule has 4 aromatic rings. The largest absolute Gasteiger partial charge is 0.489 e. The van der Waals surface area contributed by atoms with Crippen molar-refractivity contribution < 1.29 is 9.53 Å². The summed E-state index contributed by atoms with van der Waals surface area (Å²) in [4.78, 5) is 23.5. The number of aromatic nitrogens is 3. The predicted molar refractivity (Wildman–Crippen MR) is 128 cm³/mol. The number of hydrogen-bond acceptors (Lipinski definition) is 4. The molecule has 0 radical (unpaired) electrons. The Morgan fingerprint density at radius 3 is 2.88 bits per heavy atom. The molecule has 1 aliphatic rings. The molecule has 0 bridgehead atoms. The molecule has 0 unspecified atom stereocenters. The molecule has 0 aliphatic carbocycles. The molecule has 33 heavy (non-hydrogen) atoms. The van der Waals surface area contributed by atoms with E-state index in [1.165, 1.54) is 6.08 Å². The van der Waals surface area contributed by atoms with Crippen LogP contribution in [0.15, 0.2) is 79.8 Å². The van der Waals surface area contributed by atoms with Crippen LogP contribution in [0.3, 0.4) is 0 Å². The van der Waals surface area contributed by atoms with E-state index in [1.54, 1.807) is 6.20 Å². The second kappa shape index (κ2) is 9.08. The molecule has 1 aliphatic heterocycles. The van der Waals surface area contributed by atoms with Gasteiger partial charge in [-0.2, -0.15) is 0 Å². The molecule has 2 aromatic heterocycles. The zero-order valence-electron chi connectivity index (χ0n) is 18.0. The van der Waals surface area contributed by atoms with E-state index in [-0.39, 0.29) is 11.9 Å². The van der Waals surface area contributed by atoms with Gasteiger partial charge >= 0.3 is 0 Å². The Morgan fingerprint density at radius 2 is 2.09 bits per heavy atom. The van der Waals surface area contributed by atoms with Crippen molar-refractivity contribution in [3.8, 4) is 17.0 Å². The van der Waals surface area contributed by atoms with Crippen LogP contribution in [-0.4, -0.2) is 31.7 Å². The third-order valence-corrected chi connectivity index (χ3v) is 6.14. The van der Waals surface area contributed by atoms with Gasteiger partial charge in [0.1, 0.15) is 18.2 Å². The molecule has 6 nitrogen and oxygen atoms in total. The number of amides is 1. The maximum Gasteiger partial charge on any atom is 0.246 e. The molecule has 1 fully saturated rings. The quantitative estimate of drug-likeness (QED) is 0.359. The number of ether oxygens (including phenoxy) is 1. The number of carbonyl (C=O) groups is 1. The molecule has 5 rings (SSSR count). The van der Waals surface area contributed by atoms with E-state index in [9.17, 15) is 4.79 Å². The number of halogens is 1. The summed E-state index contributed by atoms with van der Waals surface area (Å²) >= 11 is 6.05. The molecule has 166 valence electrons. The fourth-order valence-electron chi connectivity index (χ4n) is 4.33. The van der Waals surface area contributed by atoms with Crippen molar-refractivity contribution in [1.82, 2.24) is 19.3 Å². The van der Waals surface area contributed by atoms with E-state index in [0.29, 0.717) is 18.2 Å². The Hall–Kier alpha value is -3.64. The zero-order valence-corrected chi connectivity index (χ0v) is 18.8. The van der Waals surface area contributed by atoms with E-state index in [0.717, 1.165) is 46.8 Å². The molecule has 0 N–H and O–H groups in total. The number of benzene rings is 2. The van der Waals surface area contributed by atoms with E-state index >= 15 is 0 Å². The summed E-state index contributed by atoms with van der Waals surface area (Å²) in [5.41, 5.74) is 3.70. The lowest BCUT2D eigenvalue weighted by molar-refractivity contribution is -0.127. The number of imidazole rings is 1. The molecular weight excluding hydrogens is 436 g/mol. The van der Waals surface area contributed by atoms with Gasteiger partial charge in [-0.25, -0.2) is 4.98 Å². The van der Waals surface area contributed by atoms with Crippen LogP contribution in [0, 0.1) is 0 Å². The zero-order chi connectivity index (χ0) is 22.8. The minimum absolute atomic E-state index is 0.0638. The molecule has 3 heterocycles. The number of fused-ring (bicyclic) bond motifs is 1. The maximum atomic E-state index is 12.4. The predicted octanol–water partition coefficient (Wildman–Crippen LogP) is 5.48. The van der Waals surface area contributed by atoms with Gasteiger partial charge in [-0.1, -0.05) is 30.3 Å². The Labute approximate surface area is 197 Å². The van der Waals surface area contributed by atoms with Crippen molar-refractivity contribution in [2.75, 3.05) is 6.54 Å². The normalized spacial score (nSPS) is 15.7. The van der Waals surface area contributed by atoms with Crippen LogP contribution in [0.1, 0.15) is 30.3 Å². The van der Waals surface area contributed by atoms with E-state index in [2.05, 4.69) is 11.6 Å². The molecule has 1 atom stereocenters. The summed E-state index contributed by atoms with van der Waals surface area (Å²) < 4.78 is 7.95. The minimum atomic E-state index is -0.0838. The smallest absolute Gasteiger partial charge is 0.246 e. The highest BCUT2D eigenvalue weighted by Gasteiger charge is 2.32. The first-order chi connectivity index (χ1) is 16.1. The molecule has 2 aromatic carbocycles. The van der Waals surface area contributed by atoms with Crippen molar-refractivity contribution in [2.45, 2.75) is 25.5 Å². The lowest BCUT2D eigenvalue weighted by Crippen LogP contribution is -2.29. The van der Waals surface area contributed by atoms with Gasteiger partial charge in [0.25, 0.3) is 0 Å². The number of likely N-dealkylation sites (tertiary alicyclic amines) is 1. The highest BCUT2D eigenvalue weighted by Crippen LogP contribution is 2.35. The van der Waals surface area contributed by atoms with E-state index < -0.39 is 0 Å².